The Labute approximate surface area is 170 Å². The van der Waals surface area contributed by atoms with E-state index in [1.54, 1.807) is 24.3 Å². The molecular formula is C20H15ClN2O4S. The van der Waals surface area contributed by atoms with Crippen molar-refractivity contribution in [3.63, 3.8) is 0 Å². The van der Waals surface area contributed by atoms with Crippen LogP contribution in [0.15, 0.2) is 23.8 Å². The quantitative estimate of drug-likeness (QED) is 0.770. The van der Waals surface area contributed by atoms with Gasteiger partial charge in [0.25, 0.3) is 5.91 Å². The van der Waals surface area contributed by atoms with E-state index in [0.717, 1.165) is 29.7 Å². The Morgan fingerprint density at radius 2 is 2.21 bits per heavy atom. The Hall–Kier alpha value is -2.82. The molecule has 0 saturated carbocycles. The van der Waals surface area contributed by atoms with Gasteiger partial charge in [0, 0.05) is 15.5 Å². The molecule has 1 aliphatic carbocycles. The smallest absolute Gasteiger partial charge is 0.338 e. The summed E-state index contributed by atoms with van der Waals surface area (Å²) in [4.78, 5) is 25.6. The van der Waals surface area contributed by atoms with E-state index in [1.165, 1.54) is 11.3 Å². The van der Waals surface area contributed by atoms with E-state index in [-0.39, 0.29) is 6.61 Å². The van der Waals surface area contributed by atoms with E-state index in [2.05, 4.69) is 11.4 Å². The maximum atomic E-state index is 12.3. The molecule has 0 bridgehead atoms. The van der Waals surface area contributed by atoms with Gasteiger partial charge in [-0.15, -0.1) is 11.3 Å². The number of anilines is 1. The number of benzene rings is 1. The van der Waals surface area contributed by atoms with E-state index >= 15 is 0 Å². The number of nitrogens with one attached hydrogen (secondary N) is 1. The molecule has 1 aromatic carbocycles. The molecule has 1 N–H and O–H groups in total. The largest absolute Gasteiger partial charge is 0.488 e. The predicted molar refractivity (Wildman–Crippen MR) is 106 cm³/mol. The number of fused-ring (bicyclic) bond motifs is 2. The summed E-state index contributed by atoms with van der Waals surface area (Å²) < 4.78 is 10.6. The van der Waals surface area contributed by atoms with E-state index in [0.29, 0.717) is 32.5 Å². The first-order valence-corrected chi connectivity index (χ1v) is 9.89. The number of hydrogen-bond donors (Lipinski definition) is 1. The predicted octanol–water partition coefficient (Wildman–Crippen LogP) is 3.72. The maximum Gasteiger partial charge on any atom is 0.338 e. The van der Waals surface area contributed by atoms with Gasteiger partial charge in [-0.25, -0.2) is 4.79 Å². The first-order chi connectivity index (χ1) is 13.5. The zero-order valence-electron chi connectivity index (χ0n) is 14.7. The van der Waals surface area contributed by atoms with E-state index in [9.17, 15) is 14.9 Å². The summed E-state index contributed by atoms with van der Waals surface area (Å²) in [5.74, 6) is -0.478. The molecule has 28 heavy (non-hydrogen) atoms. The molecule has 0 radical (unpaired) electrons. The minimum atomic E-state index is -0.630. The van der Waals surface area contributed by atoms with Crippen LogP contribution in [0.2, 0.25) is 5.02 Å². The van der Waals surface area contributed by atoms with Gasteiger partial charge in [-0.05, 0) is 49.1 Å². The van der Waals surface area contributed by atoms with E-state index in [1.807, 2.05) is 0 Å². The van der Waals surface area contributed by atoms with E-state index < -0.39 is 18.5 Å². The van der Waals surface area contributed by atoms with Crippen molar-refractivity contribution < 1.29 is 19.1 Å². The maximum absolute atomic E-state index is 12.3. The first-order valence-electron chi connectivity index (χ1n) is 8.69. The molecular weight excluding hydrogens is 400 g/mol. The topological polar surface area (TPSA) is 88.4 Å². The third-order valence-electron chi connectivity index (χ3n) is 4.57. The third-order valence-corrected chi connectivity index (χ3v) is 6.01. The second kappa shape index (κ2) is 7.66. The second-order valence-corrected chi connectivity index (χ2v) is 7.98. The summed E-state index contributed by atoms with van der Waals surface area (Å²) in [6.07, 6.45) is 4.47. The number of carbonyl (C=O) groups is 2. The molecule has 2 aromatic rings. The monoisotopic (exact) mass is 414 g/mol. The van der Waals surface area contributed by atoms with Crippen LogP contribution in [-0.2, 0) is 27.2 Å². The van der Waals surface area contributed by atoms with Gasteiger partial charge in [0.15, 0.2) is 6.61 Å². The summed E-state index contributed by atoms with van der Waals surface area (Å²) >= 11 is 7.38. The van der Waals surface area contributed by atoms with Crippen LogP contribution < -0.4 is 10.1 Å². The molecule has 142 valence electrons. The number of rotatable bonds is 4. The molecule has 6 nitrogen and oxygen atoms in total. The minimum Gasteiger partial charge on any atom is -0.488 e. The number of nitrogens with zero attached hydrogens (tertiary/aromatic N) is 1. The van der Waals surface area contributed by atoms with Crippen molar-refractivity contribution in [2.24, 2.45) is 0 Å². The standard InChI is InChI=1S/C20H15ClN2O4S/c21-13-4-5-16-11(7-13)6-12(9-26-16)20(25)27-10-18(24)23-19-15(8-22)14-2-1-3-17(14)28-19/h4-7H,1-3,9-10H2,(H,23,24). The van der Waals surface area contributed by atoms with Crippen molar-refractivity contribution in [2.75, 3.05) is 18.5 Å². The fourth-order valence-corrected chi connectivity index (χ4v) is 4.70. The van der Waals surface area contributed by atoms with Crippen LogP contribution in [0.4, 0.5) is 5.00 Å². The average molecular weight is 415 g/mol. The van der Waals surface area contributed by atoms with Gasteiger partial charge < -0.3 is 14.8 Å². The number of carbonyl (C=O) groups excluding carboxylic acids is 2. The molecule has 0 fully saturated rings. The molecule has 8 heteroatoms. The van der Waals surface area contributed by atoms with Crippen molar-refractivity contribution in [1.29, 1.82) is 5.26 Å². The van der Waals surface area contributed by atoms with Crippen molar-refractivity contribution in [3.8, 4) is 11.8 Å². The fourth-order valence-electron chi connectivity index (χ4n) is 3.26. The molecule has 1 amide bonds. The number of esters is 1. The Morgan fingerprint density at radius 3 is 3.04 bits per heavy atom. The highest BCUT2D eigenvalue weighted by atomic mass is 35.5. The lowest BCUT2D eigenvalue weighted by Crippen LogP contribution is -2.23. The zero-order chi connectivity index (χ0) is 19.7. The van der Waals surface area contributed by atoms with Crippen molar-refractivity contribution in [1.82, 2.24) is 0 Å². The van der Waals surface area contributed by atoms with Gasteiger partial charge >= 0.3 is 5.97 Å². The lowest BCUT2D eigenvalue weighted by Gasteiger charge is -2.17. The molecule has 1 aromatic heterocycles. The fraction of sp³-hybridized carbons (Fsp3) is 0.250. The minimum absolute atomic E-state index is 0.0608. The number of hydrogen-bond acceptors (Lipinski definition) is 6. The average Bonchev–Trinajstić information content (AvgIpc) is 3.26. The van der Waals surface area contributed by atoms with Gasteiger partial charge in [0.1, 0.15) is 23.4 Å². The summed E-state index contributed by atoms with van der Waals surface area (Å²) in [5.41, 5.74) is 2.54. The van der Waals surface area contributed by atoms with Crippen LogP contribution in [0.3, 0.4) is 0 Å². The number of nitriles is 1. The number of ether oxygens (including phenoxy) is 2. The van der Waals surface area contributed by atoms with Gasteiger partial charge in [-0.3, -0.25) is 4.79 Å². The summed E-state index contributed by atoms with van der Waals surface area (Å²) in [6.45, 7) is -0.378. The highest BCUT2D eigenvalue weighted by Crippen LogP contribution is 2.38. The molecule has 4 rings (SSSR count). The third kappa shape index (κ3) is 3.61. The highest BCUT2D eigenvalue weighted by molar-refractivity contribution is 7.16. The molecule has 0 unspecified atom stereocenters. The number of halogens is 1. The van der Waals surface area contributed by atoms with E-state index in [4.69, 9.17) is 21.1 Å². The van der Waals surface area contributed by atoms with Crippen LogP contribution in [0.5, 0.6) is 5.75 Å². The Balaban J connectivity index is 1.38. The Kier molecular flexibility index (Phi) is 5.07. The molecule has 0 spiro atoms. The highest BCUT2D eigenvalue weighted by Gasteiger charge is 2.24. The molecule has 2 heterocycles. The summed E-state index contributed by atoms with van der Waals surface area (Å²) in [5, 5.41) is 13.1. The van der Waals surface area contributed by atoms with Crippen molar-refractivity contribution in [2.45, 2.75) is 19.3 Å². The SMILES string of the molecule is N#Cc1c(NC(=O)COC(=O)C2=Cc3cc(Cl)ccc3OC2)sc2c1CCC2. The molecule has 2 aliphatic rings. The molecule has 0 atom stereocenters. The number of amides is 1. The van der Waals surface area contributed by atoms with Crippen LogP contribution in [-0.4, -0.2) is 25.1 Å². The van der Waals surface area contributed by atoms with Gasteiger partial charge in [-0.2, -0.15) is 5.26 Å². The second-order valence-electron chi connectivity index (χ2n) is 6.44. The lowest BCUT2D eigenvalue weighted by atomic mass is 10.1. The normalized spacial score (nSPS) is 14.2. The molecule has 1 aliphatic heterocycles. The van der Waals surface area contributed by atoms with Gasteiger partial charge in [-0.1, -0.05) is 11.6 Å². The number of thiophene rings is 1. The lowest BCUT2D eigenvalue weighted by molar-refractivity contribution is -0.143. The first kappa shape index (κ1) is 18.5. The van der Waals surface area contributed by atoms with Gasteiger partial charge in [0.05, 0.1) is 11.1 Å². The summed E-state index contributed by atoms with van der Waals surface area (Å²) in [7, 11) is 0. The molecule has 0 saturated heterocycles. The van der Waals surface area contributed by atoms with Gasteiger partial charge in [0.2, 0.25) is 0 Å². The number of aryl methyl sites for hydroxylation is 1. The Bertz CT molecular complexity index is 1050. The zero-order valence-corrected chi connectivity index (χ0v) is 16.3. The van der Waals surface area contributed by atoms with Crippen LogP contribution in [0.1, 0.15) is 28.0 Å². The Morgan fingerprint density at radius 1 is 1.36 bits per heavy atom. The van der Waals surface area contributed by atoms with Crippen LogP contribution in [0, 0.1) is 11.3 Å². The van der Waals surface area contributed by atoms with Crippen LogP contribution >= 0.6 is 22.9 Å². The van der Waals surface area contributed by atoms with Crippen LogP contribution in [0.25, 0.3) is 6.08 Å². The van der Waals surface area contributed by atoms with Crippen molar-refractivity contribution >= 4 is 45.9 Å². The summed E-state index contributed by atoms with van der Waals surface area (Å²) in [6, 6.07) is 7.29. The van der Waals surface area contributed by atoms with Crippen molar-refractivity contribution in [3.05, 3.63) is 50.4 Å².